The number of anilines is 1. The zero-order valence-electron chi connectivity index (χ0n) is 10.4. The van der Waals surface area contributed by atoms with Gasteiger partial charge in [0.2, 0.25) is 0 Å². The molecule has 1 atom stereocenters. The minimum Gasteiger partial charge on any atom is -0.389 e. The smallest absolute Gasteiger partial charge is 0.124 e. The van der Waals surface area contributed by atoms with Crippen molar-refractivity contribution >= 4 is 22.9 Å². The van der Waals surface area contributed by atoms with Crippen LogP contribution in [-0.4, -0.2) is 9.97 Å². The molecule has 1 heterocycles. The fourth-order valence-corrected chi connectivity index (χ4v) is 1.98. The number of hydrogen-bond acceptors (Lipinski definition) is 3. The van der Waals surface area contributed by atoms with Gasteiger partial charge in [0.15, 0.2) is 0 Å². The van der Waals surface area contributed by atoms with E-state index in [9.17, 15) is 4.39 Å². The van der Waals surface area contributed by atoms with Crippen LogP contribution in [0, 0.1) is 5.82 Å². The fourth-order valence-electron chi connectivity index (χ4n) is 1.81. The molecule has 0 fully saturated rings. The highest BCUT2D eigenvalue weighted by atomic mass is 32.1. The van der Waals surface area contributed by atoms with Crippen molar-refractivity contribution in [1.29, 1.82) is 0 Å². The number of nitrogens with one attached hydrogen (secondary N) is 1. The number of benzene rings is 1. The van der Waals surface area contributed by atoms with Crippen LogP contribution in [0.25, 0.3) is 0 Å². The number of thiocarbonyl (C=S) groups is 1. The molecular weight excluding hydrogens is 261 g/mol. The van der Waals surface area contributed by atoms with E-state index in [1.54, 1.807) is 18.5 Å². The number of nitrogens with two attached hydrogens (primary N) is 1. The average molecular weight is 275 g/mol. The first-order chi connectivity index (χ1) is 9.08. The zero-order chi connectivity index (χ0) is 13.8. The summed E-state index contributed by atoms with van der Waals surface area (Å²) in [5.41, 5.74) is 7.92. The molecule has 0 amide bonds. The summed E-state index contributed by atoms with van der Waals surface area (Å²) in [4.78, 5) is 4.14. The van der Waals surface area contributed by atoms with Crippen LogP contribution in [0.2, 0.25) is 0 Å². The van der Waals surface area contributed by atoms with E-state index >= 15 is 0 Å². The van der Waals surface area contributed by atoms with Crippen molar-refractivity contribution in [2.24, 2.45) is 5.73 Å². The zero-order valence-corrected chi connectivity index (χ0v) is 11.2. The highest BCUT2D eigenvalue weighted by molar-refractivity contribution is 7.80. The predicted octanol–water partition coefficient (Wildman–Crippen LogP) is 3.03. The standard InChI is InChI=1S/C14H14FN3S/c1-9(10-4-6-17-7-5-10)18-13-3-2-11(15)8-12(13)14(16)19/h2-9,18H,1H3,(H2,16,19). The summed E-state index contributed by atoms with van der Waals surface area (Å²) in [6, 6.07) is 8.24. The molecule has 1 unspecified atom stereocenters. The van der Waals surface area contributed by atoms with E-state index in [2.05, 4.69) is 10.3 Å². The number of rotatable bonds is 4. The van der Waals surface area contributed by atoms with Crippen molar-refractivity contribution in [2.75, 3.05) is 5.32 Å². The van der Waals surface area contributed by atoms with E-state index in [4.69, 9.17) is 18.0 Å². The largest absolute Gasteiger partial charge is 0.389 e. The monoisotopic (exact) mass is 275 g/mol. The normalized spacial score (nSPS) is 11.9. The van der Waals surface area contributed by atoms with Gasteiger partial charge in [-0.15, -0.1) is 0 Å². The van der Waals surface area contributed by atoms with Crippen LogP contribution >= 0.6 is 12.2 Å². The number of nitrogens with zero attached hydrogens (tertiary/aromatic N) is 1. The van der Waals surface area contributed by atoms with Crippen molar-refractivity contribution in [1.82, 2.24) is 4.98 Å². The van der Waals surface area contributed by atoms with Gasteiger partial charge in [-0.25, -0.2) is 4.39 Å². The Morgan fingerprint density at radius 3 is 2.63 bits per heavy atom. The maximum atomic E-state index is 13.2. The fraction of sp³-hybridized carbons (Fsp3) is 0.143. The molecule has 2 aromatic rings. The van der Waals surface area contributed by atoms with Crippen molar-refractivity contribution in [3.63, 3.8) is 0 Å². The van der Waals surface area contributed by atoms with Crippen molar-refractivity contribution in [3.8, 4) is 0 Å². The summed E-state index contributed by atoms with van der Waals surface area (Å²) in [5, 5.41) is 3.27. The van der Waals surface area contributed by atoms with Crippen molar-refractivity contribution < 1.29 is 4.39 Å². The van der Waals surface area contributed by atoms with Crippen LogP contribution in [0.5, 0.6) is 0 Å². The molecule has 19 heavy (non-hydrogen) atoms. The molecule has 0 saturated heterocycles. The van der Waals surface area contributed by atoms with Gasteiger partial charge in [0.05, 0.1) is 0 Å². The molecule has 3 N–H and O–H groups in total. The number of aromatic nitrogens is 1. The van der Waals surface area contributed by atoms with Gasteiger partial charge in [-0.1, -0.05) is 12.2 Å². The second-order valence-corrected chi connectivity index (χ2v) is 4.64. The molecule has 0 aliphatic carbocycles. The molecule has 5 heteroatoms. The Labute approximate surface area is 116 Å². The Hall–Kier alpha value is -2.01. The summed E-state index contributed by atoms with van der Waals surface area (Å²) >= 11 is 4.94. The molecule has 0 bridgehead atoms. The lowest BCUT2D eigenvalue weighted by molar-refractivity contribution is 0.627. The average Bonchev–Trinajstić information content (AvgIpc) is 2.41. The molecule has 3 nitrogen and oxygen atoms in total. The third-order valence-corrected chi connectivity index (χ3v) is 3.05. The Morgan fingerprint density at radius 2 is 2.00 bits per heavy atom. The molecule has 0 aliphatic rings. The summed E-state index contributed by atoms with van der Waals surface area (Å²) in [7, 11) is 0. The molecule has 98 valence electrons. The van der Waals surface area contributed by atoms with Gasteiger partial charge in [-0.2, -0.15) is 0 Å². The molecule has 0 aliphatic heterocycles. The Morgan fingerprint density at radius 1 is 1.32 bits per heavy atom. The Bertz CT molecular complexity index is 586. The van der Waals surface area contributed by atoms with Gasteiger partial charge in [-0.3, -0.25) is 4.98 Å². The van der Waals surface area contributed by atoms with Gasteiger partial charge in [-0.05, 0) is 42.8 Å². The molecule has 2 rings (SSSR count). The minimum absolute atomic E-state index is 0.0431. The lowest BCUT2D eigenvalue weighted by Crippen LogP contribution is -2.15. The number of hydrogen-bond donors (Lipinski definition) is 2. The maximum Gasteiger partial charge on any atom is 0.124 e. The highest BCUT2D eigenvalue weighted by Gasteiger charge is 2.10. The number of halogens is 1. The van der Waals surface area contributed by atoms with Crippen LogP contribution in [0.3, 0.4) is 0 Å². The Balaban J connectivity index is 2.26. The summed E-state index contributed by atoms with van der Waals surface area (Å²) in [6.07, 6.45) is 3.46. The molecule has 1 aromatic heterocycles. The minimum atomic E-state index is -0.357. The lowest BCUT2D eigenvalue weighted by atomic mass is 10.1. The van der Waals surface area contributed by atoms with Gasteiger partial charge in [0.1, 0.15) is 10.8 Å². The van der Waals surface area contributed by atoms with Crippen LogP contribution in [0.15, 0.2) is 42.7 Å². The molecule has 0 spiro atoms. The van der Waals surface area contributed by atoms with Crippen LogP contribution in [-0.2, 0) is 0 Å². The van der Waals surface area contributed by atoms with Crippen LogP contribution in [0.1, 0.15) is 24.1 Å². The first-order valence-electron chi connectivity index (χ1n) is 5.83. The molecule has 0 radical (unpaired) electrons. The SMILES string of the molecule is CC(Nc1ccc(F)cc1C(N)=S)c1ccncc1. The van der Waals surface area contributed by atoms with Gasteiger partial charge in [0.25, 0.3) is 0 Å². The third-order valence-electron chi connectivity index (χ3n) is 2.83. The molecular formula is C14H14FN3S. The van der Waals surface area contributed by atoms with Gasteiger partial charge < -0.3 is 11.1 Å². The van der Waals surface area contributed by atoms with E-state index in [0.717, 1.165) is 11.3 Å². The summed E-state index contributed by atoms with van der Waals surface area (Å²) in [6.45, 7) is 2.00. The Kier molecular flexibility index (Phi) is 4.06. The first kappa shape index (κ1) is 13.4. The van der Waals surface area contributed by atoms with E-state index in [1.165, 1.54) is 12.1 Å². The van der Waals surface area contributed by atoms with Gasteiger partial charge in [0, 0.05) is 29.7 Å². The summed E-state index contributed by atoms with van der Waals surface area (Å²) in [5.74, 6) is -0.357. The summed E-state index contributed by atoms with van der Waals surface area (Å²) < 4.78 is 13.2. The second-order valence-electron chi connectivity index (χ2n) is 4.20. The van der Waals surface area contributed by atoms with Crippen LogP contribution in [0.4, 0.5) is 10.1 Å². The molecule has 0 saturated carbocycles. The molecule has 1 aromatic carbocycles. The highest BCUT2D eigenvalue weighted by Crippen LogP contribution is 2.23. The lowest BCUT2D eigenvalue weighted by Gasteiger charge is -2.18. The number of pyridine rings is 1. The quantitative estimate of drug-likeness (QED) is 0.842. The van der Waals surface area contributed by atoms with E-state index in [-0.39, 0.29) is 16.8 Å². The first-order valence-corrected chi connectivity index (χ1v) is 6.24. The van der Waals surface area contributed by atoms with E-state index < -0.39 is 0 Å². The third kappa shape index (κ3) is 3.26. The second kappa shape index (κ2) is 5.75. The topological polar surface area (TPSA) is 50.9 Å². The van der Waals surface area contributed by atoms with Crippen LogP contribution < -0.4 is 11.1 Å². The van der Waals surface area contributed by atoms with E-state index in [1.807, 2.05) is 19.1 Å². The maximum absolute atomic E-state index is 13.2. The predicted molar refractivity (Wildman–Crippen MR) is 78.6 cm³/mol. The van der Waals surface area contributed by atoms with Crippen molar-refractivity contribution in [3.05, 3.63) is 59.7 Å². The van der Waals surface area contributed by atoms with Gasteiger partial charge >= 0.3 is 0 Å². The van der Waals surface area contributed by atoms with E-state index in [0.29, 0.717) is 5.56 Å². The van der Waals surface area contributed by atoms with Crippen molar-refractivity contribution in [2.45, 2.75) is 13.0 Å².